The summed E-state index contributed by atoms with van der Waals surface area (Å²) in [6.45, 7) is 5.11. The number of piperazine rings is 1. The Bertz CT molecular complexity index is 1340. The Morgan fingerprint density at radius 2 is 1.82 bits per heavy atom. The lowest BCUT2D eigenvalue weighted by molar-refractivity contribution is -0.134. The molecule has 174 valence electrons. The average molecular weight is 461 g/mol. The molecule has 0 unspecified atom stereocenters. The molecular formula is C21H23N11O2. The van der Waals surface area contributed by atoms with Crippen LogP contribution in [0.2, 0.25) is 0 Å². The van der Waals surface area contributed by atoms with Crippen LogP contribution in [0.1, 0.15) is 12.2 Å². The summed E-state index contributed by atoms with van der Waals surface area (Å²) in [7, 11) is 0. The third-order valence-electron chi connectivity index (χ3n) is 6.17. The monoisotopic (exact) mass is 461 g/mol. The van der Waals surface area contributed by atoms with E-state index in [0.29, 0.717) is 62.0 Å². The first kappa shape index (κ1) is 20.3. The van der Waals surface area contributed by atoms with Gasteiger partial charge in [0.1, 0.15) is 11.8 Å². The number of furan rings is 1. The molecule has 13 heteroatoms. The van der Waals surface area contributed by atoms with Crippen molar-refractivity contribution >= 4 is 29.5 Å². The summed E-state index contributed by atoms with van der Waals surface area (Å²) in [6, 6.07) is 5.10. The lowest BCUT2D eigenvalue weighted by Crippen LogP contribution is -2.60. The molecule has 2 fully saturated rings. The molecule has 2 saturated heterocycles. The highest BCUT2D eigenvalue weighted by atomic mass is 16.3. The molecule has 0 spiro atoms. The number of hydrogen-bond acceptors (Lipinski definition) is 11. The zero-order chi connectivity index (χ0) is 23.2. The van der Waals surface area contributed by atoms with Crippen molar-refractivity contribution in [3.8, 4) is 11.6 Å². The molecule has 0 aliphatic carbocycles. The highest BCUT2D eigenvalue weighted by Crippen LogP contribution is 2.27. The molecule has 0 bridgehead atoms. The number of rotatable bonds is 4. The van der Waals surface area contributed by atoms with Crippen molar-refractivity contribution in [1.29, 1.82) is 0 Å². The first-order chi connectivity index (χ1) is 16.6. The minimum absolute atomic E-state index is 0.0649. The van der Waals surface area contributed by atoms with E-state index in [9.17, 15) is 4.79 Å². The van der Waals surface area contributed by atoms with E-state index in [1.54, 1.807) is 24.5 Å². The molecular weight excluding hydrogens is 438 g/mol. The van der Waals surface area contributed by atoms with E-state index in [1.165, 1.54) is 4.52 Å². The fourth-order valence-corrected chi connectivity index (χ4v) is 4.26. The minimum Gasteiger partial charge on any atom is -0.458 e. The first-order valence-electron chi connectivity index (χ1n) is 11.1. The number of nitrogens with zero attached hydrogens (tertiary/aromatic N) is 10. The van der Waals surface area contributed by atoms with Gasteiger partial charge in [0.25, 0.3) is 5.78 Å². The molecule has 1 amide bonds. The number of amides is 1. The van der Waals surface area contributed by atoms with Gasteiger partial charge in [-0.15, -0.1) is 5.10 Å². The summed E-state index contributed by atoms with van der Waals surface area (Å²) in [5.74, 6) is 3.25. The number of nitrogens with two attached hydrogens (primary N) is 1. The molecule has 4 aromatic rings. The van der Waals surface area contributed by atoms with E-state index < -0.39 is 0 Å². The summed E-state index contributed by atoms with van der Waals surface area (Å²) < 4.78 is 6.97. The second kappa shape index (κ2) is 7.93. The van der Waals surface area contributed by atoms with Crippen molar-refractivity contribution < 1.29 is 9.21 Å². The third kappa shape index (κ3) is 3.45. The Labute approximate surface area is 194 Å². The second-order valence-electron chi connectivity index (χ2n) is 8.30. The summed E-state index contributed by atoms with van der Waals surface area (Å²) >= 11 is 0. The minimum atomic E-state index is -0.323. The van der Waals surface area contributed by atoms with Gasteiger partial charge in [0.05, 0.1) is 0 Å². The Hall–Kier alpha value is -4.29. The average Bonchev–Trinajstić information content (AvgIpc) is 3.45. The van der Waals surface area contributed by atoms with Crippen LogP contribution < -0.4 is 15.5 Å². The molecule has 0 saturated carbocycles. The molecule has 6 rings (SSSR count). The van der Waals surface area contributed by atoms with Crippen LogP contribution in [-0.2, 0) is 4.79 Å². The van der Waals surface area contributed by atoms with E-state index in [0.717, 1.165) is 12.2 Å². The highest BCUT2D eigenvalue weighted by molar-refractivity contribution is 5.86. The van der Waals surface area contributed by atoms with Crippen LogP contribution in [0.15, 0.2) is 35.0 Å². The van der Waals surface area contributed by atoms with Crippen molar-refractivity contribution in [2.75, 3.05) is 48.3 Å². The predicted molar refractivity (Wildman–Crippen MR) is 122 cm³/mol. The second-order valence-corrected chi connectivity index (χ2v) is 8.30. The Kier molecular flexibility index (Phi) is 4.74. The molecule has 2 aliphatic rings. The summed E-state index contributed by atoms with van der Waals surface area (Å²) in [4.78, 5) is 41.0. The summed E-state index contributed by atoms with van der Waals surface area (Å²) in [6.07, 6.45) is 4.18. The maximum atomic E-state index is 13.2. The number of aryl methyl sites for hydroxylation is 1. The molecule has 4 aromatic heterocycles. The quantitative estimate of drug-likeness (QED) is 0.450. The summed E-state index contributed by atoms with van der Waals surface area (Å²) in [5, 5.41) is 4.35. The van der Waals surface area contributed by atoms with Gasteiger partial charge in [-0.1, -0.05) is 0 Å². The number of carbonyl (C=O) groups excluding carboxylic acids is 1. The molecule has 6 heterocycles. The van der Waals surface area contributed by atoms with Gasteiger partial charge < -0.3 is 24.9 Å². The van der Waals surface area contributed by atoms with Crippen molar-refractivity contribution in [2.45, 2.75) is 19.4 Å². The molecule has 0 aromatic carbocycles. The molecule has 0 radical (unpaired) electrons. The molecule has 34 heavy (non-hydrogen) atoms. The van der Waals surface area contributed by atoms with Crippen LogP contribution in [-0.4, -0.2) is 84.1 Å². The van der Waals surface area contributed by atoms with E-state index in [2.05, 4.69) is 34.9 Å². The van der Waals surface area contributed by atoms with Crippen LogP contribution in [0, 0.1) is 6.92 Å². The zero-order valence-electron chi connectivity index (χ0n) is 18.6. The molecule has 2 N–H and O–H groups in total. The van der Waals surface area contributed by atoms with Crippen molar-refractivity contribution in [3.05, 3.63) is 36.4 Å². The maximum Gasteiger partial charge on any atom is 0.259 e. The standard InChI is InChI=1S/C21H23N11O2/c1-13-3-4-15(34-13)16-25-21-27-20(26-18(22)32(21)28-16)31-8-5-14(31)17(33)29-9-11-30(12-10-29)19-23-6-2-7-24-19/h2-4,6-7,14H,5,8-12H2,1H3,(H2,22,25,26,27,28)/t14-/m0/s1. The van der Waals surface area contributed by atoms with Gasteiger partial charge in [-0.2, -0.15) is 19.5 Å². The van der Waals surface area contributed by atoms with Crippen molar-refractivity contribution in [2.24, 2.45) is 0 Å². The lowest BCUT2D eigenvalue weighted by atomic mass is 10.0. The van der Waals surface area contributed by atoms with Crippen LogP contribution in [0.4, 0.5) is 17.8 Å². The van der Waals surface area contributed by atoms with Gasteiger partial charge in [-0.05, 0) is 31.5 Å². The van der Waals surface area contributed by atoms with E-state index >= 15 is 0 Å². The van der Waals surface area contributed by atoms with E-state index in [4.69, 9.17) is 10.2 Å². The predicted octanol–water partition coefficient (Wildman–Crippen LogP) is 0.387. The smallest absolute Gasteiger partial charge is 0.259 e. The van der Waals surface area contributed by atoms with Crippen LogP contribution in [0.5, 0.6) is 0 Å². The Morgan fingerprint density at radius 3 is 2.50 bits per heavy atom. The topological polar surface area (TPSA) is 148 Å². The number of anilines is 3. The highest BCUT2D eigenvalue weighted by Gasteiger charge is 2.39. The van der Waals surface area contributed by atoms with E-state index in [-0.39, 0.29) is 17.9 Å². The largest absolute Gasteiger partial charge is 0.458 e. The number of nitrogen functional groups attached to an aromatic ring is 1. The normalized spacial score (nSPS) is 18.4. The first-order valence-corrected chi connectivity index (χ1v) is 11.1. The molecule has 13 nitrogen and oxygen atoms in total. The van der Waals surface area contributed by atoms with Gasteiger partial charge in [0, 0.05) is 45.1 Å². The number of carbonyl (C=O) groups is 1. The number of aromatic nitrogens is 7. The third-order valence-corrected chi connectivity index (χ3v) is 6.17. The van der Waals surface area contributed by atoms with Crippen molar-refractivity contribution in [1.82, 2.24) is 39.4 Å². The Balaban J connectivity index is 1.17. The molecule has 2 aliphatic heterocycles. The van der Waals surface area contributed by atoms with Gasteiger partial charge in [0.2, 0.25) is 29.6 Å². The van der Waals surface area contributed by atoms with Gasteiger partial charge in [-0.3, -0.25) is 4.79 Å². The van der Waals surface area contributed by atoms with Crippen LogP contribution in [0.25, 0.3) is 17.4 Å². The van der Waals surface area contributed by atoms with Gasteiger partial charge in [-0.25, -0.2) is 9.97 Å². The van der Waals surface area contributed by atoms with Gasteiger partial charge in [0.15, 0.2) is 5.76 Å². The maximum absolute atomic E-state index is 13.2. The SMILES string of the molecule is Cc1ccc(-c2nc3nc(N4CC[C@H]4C(=O)N4CCN(c5ncccn5)CC4)nc(N)n3n2)o1. The van der Waals surface area contributed by atoms with Crippen LogP contribution >= 0.6 is 0 Å². The Morgan fingerprint density at radius 1 is 1.03 bits per heavy atom. The van der Waals surface area contributed by atoms with Gasteiger partial charge >= 0.3 is 0 Å². The van der Waals surface area contributed by atoms with E-state index in [1.807, 2.05) is 22.8 Å². The number of hydrogen-bond donors (Lipinski definition) is 1. The summed E-state index contributed by atoms with van der Waals surface area (Å²) in [5.41, 5.74) is 6.14. The lowest BCUT2D eigenvalue weighted by Gasteiger charge is -2.44. The fourth-order valence-electron chi connectivity index (χ4n) is 4.26. The van der Waals surface area contributed by atoms with Crippen molar-refractivity contribution in [3.63, 3.8) is 0 Å². The number of fused-ring (bicyclic) bond motifs is 1. The fraction of sp³-hybridized carbons (Fsp3) is 0.381. The molecule has 1 atom stereocenters. The van der Waals surface area contributed by atoms with Crippen LogP contribution in [0.3, 0.4) is 0 Å². The zero-order valence-corrected chi connectivity index (χ0v) is 18.6.